The lowest BCUT2D eigenvalue weighted by Crippen LogP contribution is -2.52. The number of carbonyl (C=O) groups is 3. The number of aromatic hydroxyl groups is 2. The van der Waals surface area contributed by atoms with Crippen LogP contribution in [-0.4, -0.2) is 67.9 Å². The Morgan fingerprint density at radius 2 is 1.69 bits per heavy atom. The molecule has 1 fully saturated rings. The zero-order valence-electron chi connectivity index (χ0n) is 19.7. The minimum Gasteiger partial charge on any atom is -0.507 e. The third-order valence-corrected chi connectivity index (χ3v) is 7.50. The molecule has 1 unspecified atom stereocenters. The number of carbonyl (C=O) groups excluding carboxylic acids is 3. The summed E-state index contributed by atoms with van der Waals surface area (Å²) in [7, 11) is 0. The van der Waals surface area contributed by atoms with Crippen LogP contribution in [0.25, 0.3) is 0 Å². The van der Waals surface area contributed by atoms with E-state index in [9.17, 15) is 34.8 Å². The molecule has 10 heteroatoms. The molecule has 36 heavy (non-hydrogen) atoms. The number of rotatable bonds is 3. The Labute approximate surface area is 206 Å². The molecule has 2 aliphatic carbocycles. The highest BCUT2D eigenvalue weighted by Gasteiger charge is 2.49. The van der Waals surface area contributed by atoms with Crippen molar-refractivity contribution in [3.05, 3.63) is 57.6 Å². The topological polar surface area (TPSA) is 177 Å². The zero-order chi connectivity index (χ0) is 26.1. The highest BCUT2D eigenvalue weighted by Crippen LogP contribution is 2.51. The fourth-order valence-electron chi connectivity index (χ4n) is 5.42. The predicted octanol–water partition coefficient (Wildman–Crippen LogP) is 1.02. The van der Waals surface area contributed by atoms with Crippen LogP contribution in [0.1, 0.15) is 75.8 Å². The van der Waals surface area contributed by atoms with Crippen molar-refractivity contribution in [3.8, 4) is 11.5 Å². The lowest BCUT2D eigenvalue weighted by Gasteiger charge is -2.42. The summed E-state index contributed by atoms with van der Waals surface area (Å²) in [6, 6.07) is 5.40. The van der Waals surface area contributed by atoms with Crippen molar-refractivity contribution in [3.63, 3.8) is 0 Å². The van der Waals surface area contributed by atoms with Gasteiger partial charge in [0.15, 0.2) is 23.6 Å². The van der Waals surface area contributed by atoms with E-state index >= 15 is 0 Å². The van der Waals surface area contributed by atoms with Gasteiger partial charge in [0.05, 0.1) is 29.4 Å². The highest BCUT2D eigenvalue weighted by molar-refractivity contribution is 6.30. The van der Waals surface area contributed by atoms with Gasteiger partial charge in [-0.25, -0.2) is 0 Å². The Hall–Kier alpha value is -3.15. The Morgan fingerprint density at radius 3 is 2.25 bits per heavy atom. The molecule has 1 saturated heterocycles. The second-order valence-corrected chi connectivity index (χ2v) is 9.80. The number of hydrogen-bond donors (Lipinski definition) is 5. The normalized spacial score (nSPS) is 31.4. The summed E-state index contributed by atoms with van der Waals surface area (Å²) in [6.07, 6.45) is -4.38. The molecule has 1 heterocycles. The van der Waals surface area contributed by atoms with Crippen molar-refractivity contribution in [1.82, 2.24) is 0 Å². The van der Waals surface area contributed by atoms with Crippen LogP contribution in [0.2, 0.25) is 0 Å². The van der Waals surface area contributed by atoms with E-state index in [2.05, 4.69) is 0 Å². The van der Waals surface area contributed by atoms with Gasteiger partial charge in [-0.2, -0.15) is 0 Å². The lowest BCUT2D eigenvalue weighted by atomic mass is 9.72. The van der Waals surface area contributed by atoms with Crippen LogP contribution in [-0.2, 0) is 20.7 Å². The van der Waals surface area contributed by atoms with E-state index < -0.39 is 71.5 Å². The number of benzene rings is 2. The van der Waals surface area contributed by atoms with Crippen LogP contribution >= 0.6 is 0 Å². The van der Waals surface area contributed by atoms with Crippen LogP contribution in [0.4, 0.5) is 0 Å². The number of aliphatic hydroxyl groups is 2. The average molecular weight is 498 g/mol. The molecule has 2 aromatic carbocycles. The number of phenolic OH excluding ortho intramolecular Hbond substituents is 2. The number of nitrogens with two attached hydrogens (primary N) is 1. The van der Waals surface area contributed by atoms with Gasteiger partial charge in [-0.05, 0) is 13.8 Å². The van der Waals surface area contributed by atoms with Crippen molar-refractivity contribution < 1.29 is 44.3 Å². The van der Waals surface area contributed by atoms with Crippen LogP contribution in [0.3, 0.4) is 0 Å². The quantitative estimate of drug-likeness (QED) is 0.328. The number of aliphatic hydroxyl groups excluding tert-OH is 1. The van der Waals surface area contributed by atoms with Gasteiger partial charge in [-0.3, -0.25) is 14.4 Å². The van der Waals surface area contributed by atoms with Crippen molar-refractivity contribution in [2.24, 2.45) is 5.73 Å². The number of ketones is 3. The van der Waals surface area contributed by atoms with Gasteiger partial charge in [0.25, 0.3) is 0 Å². The Kier molecular flexibility index (Phi) is 5.77. The van der Waals surface area contributed by atoms with Gasteiger partial charge >= 0.3 is 0 Å². The first-order valence-corrected chi connectivity index (χ1v) is 11.7. The summed E-state index contributed by atoms with van der Waals surface area (Å²) in [4.78, 5) is 39.0. The van der Waals surface area contributed by atoms with E-state index in [4.69, 9.17) is 15.2 Å². The molecule has 1 aliphatic heterocycles. The third kappa shape index (κ3) is 3.56. The molecule has 0 saturated carbocycles. The van der Waals surface area contributed by atoms with Gasteiger partial charge in [-0.15, -0.1) is 0 Å². The lowest BCUT2D eigenvalue weighted by molar-refractivity contribution is -0.247. The molecular weight excluding hydrogens is 470 g/mol. The second kappa shape index (κ2) is 8.46. The molecule has 3 aliphatic rings. The van der Waals surface area contributed by atoms with Crippen LogP contribution in [0.15, 0.2) is 24.3 Å². The molecule has 6 N–H and O–H groups in total. The zero-order valence-corrected chi connectivity index (χ0v) is 19.7. The Morgan fingerprint density at radius 1 is 1.11 bits per heavy atom. The van der Waals surface area contributed by atoms with Crippen LogP contribution in [0, 0.1) is 0 Å². The number of hydrogen-bond acceptors (Lipinski definition) is 10. The van der Waals surface area contributed by atoms with Gasteiger partial charge in [0.1, 0.15) is 17.1 Å². The molecule has 0 spiro atoms. The van der Waals surface area contributed by atoms with Gasteiger partial charge in [-0.1, -0.05) is 24.3 Å². The summed E-state index contributed by atoms with van der Waals surface area (Å²) in [5.41, 5.74) is 3.38. The Bertz CT molecular complexity index is 1290. The molecule has 6 atom stereocenters. The molecule has 10 nitrogen and oxygen atoms in total. The summed E-state index contributed by atoms with van der Waals surface area (Å²) in [6.45, 7) is 2.80. The summed E-state index contributed by atoms with van der Waals surface area (Å²) in [5.74, 6) is -3.06. The minimum absolute atomic E-state index is 0.00588. The van der Waals surface area contributed by atoms with E-state index in [1.807, 2.05) is 0 Å². The fraction of sp³-hybridized carbons (Fsp3) is 0.423. The van der Waals surface area contributed by atoms with E-state index in [1.54, 1.807) is 19.1 Å². The fourth-order valence-corrected chi connectivity index (χ4v) is 5.42. The van der Waals surface area contributed by atoms with Gasteiger partial charge in [0, 0.05) is 47.6 Å². The second-order valence-electron chi connectivity index (χ2n) is 9.80. The third-order valence-electron chi connectivity index (χ3n) is 7.50. The number of ether oxygens (including phenoxy) is 2. The predicted molar refractivity (Wildman–Crippen MR) is 124 cm³/mol. The van der Waals surface area contributed by atoms with E-state index in [0.29, 0.717) is 0 Å². The molecule has 190 valence electrons. The van der Waals surface area contributed by atoms with Crippen molar-refractivity contribution in [2.45, 2.75) is 69.4 Å². The van der Waals surface area contributed by atoms with Crippen LogP contribution in [0.5, 0.6) is 11.5 Å². The van der Waals surface area contributed by atoms with Crippen molar-refractivity contribution in [1.29, 1.82) is 0 Å². The van der Waals surface area contributed by atoms with Gasteiger partial charge < -0.3 is 35.6 Å². The Balaban J connectivity index is 1.66. The molecule has 0 aromatic heterocycles. The average Bonchev–Trinajstić information content (AvgIpc) is 2.82. The maximum atomic E-state index is 13.3. The SMILES string of the molecule is CC(=O)[C@]1(O)Cc2c(O)c3c(c(O)c2[C@@H](O[C@H]2C[C@H](N)[C@H](O)C(C)O2)C1)C(=O)c1ccccc1C3=O. The first-order valence-electron chi connectivity index (χ1n) is 11.7. The van der Waals surface area contributed by atoms with E-state index in [0.717, 1.165) is 0 Å². The molecule has 0 bridgehead atoms. The summed E-state index contributed by atoms with van der Waals surface area (Å²) in [5, 5.41) is 43.8. The maximum absolute atomic E-state index is 13.3. The summed E-state index contributed by atoms with van der Waals surface area (Å²) < 4.78 is 11.8. The molecule has 5 rings (SSSR count). The van der Waals surface area contributed by atoms with E-state index in [1.165, 1.54) is 19.1 Å². The number of phenols is 2. The van der Waals surface area contributed by atoms with Gasteiger partial charge in [0.2, 0.25) is 0 Å². The number of Topliss-reactive ketones (excluding diaryl/α,β-unsaturated/α-hetero) is 1. The first-order chi connectivity index (χ1) is 16.9. The van der Waals surface area contributed by atoms with Crippen molar-refractivity contribution >= 4 is 17.3 Å². The number of fused-ring (bicyclic) bond motifs is 3. The minimum atomic E-state index is -1.97. The highest BCUT2D eigenvalue weighted by atomic mass is 16.7. The molecular formula is C26H27NO9. The smallest absolute Gasteiger partial charge is 0.198 e. The first kappa shape index (κ1) is 24.5. The van der Waals surface area contributed by atoms with E-state index in [-0.39, 0.29) is 46.2 Å². The largest absolute Gasteiger partial charge is 0.507 e. The molecule has 0 amide bonds. The van der Waals surface area contributed by atoms with Crippen LogP contribution < -0.4 is 5.73 Å². The standard InChI is InChI=1S/C26H27NO9/c1-10-21(29)15(27)7-17(35-10)36-16-9-26(34,11(2)28)8-14-18(16)25(33)20-19(24(14)32)22(30)12-5-3-4-6-13(12)23(20)31/h3-6,10,15-17,21,29,32-34H,7-9,27H2,1-2H3/t10?,15-,16-,17-,21+,26-/m0/s1. The van der Waals surface area contributed by atoms with Crippen molar-refractivity contribution in [2.75, 3.05) is 0 Å². The maximum Gasteiger partial charge on any atom is 0.198 e. The summed E-state index contributed by atoms with van der Waals surface area (Å²) >= 11 is 0. The molecule has 0 radical (unpaired) electrons. The molecule has 2 aromatic rings. The monoisotopic (exact) mass is 497 g/mol.